The van der Waals surface area contributed by atoms with Crippen LogP contribution in [0.5, 0.6) is 0 Å². The van der Waals surface area contributed by atoms with Crippen molar-refractivity contribution in [2.75, 3.05) is 13.2 Å². The van der Waals surface area contributed by atoms with E-state index in [-0.39, 0.29) is 30.8 Å². The molecular formula is C16H17NO4. The third kappa shape index (κ3) is 3.37. The topological polar surface area (TPSA) is 63.7 Å². The van der Waals surface area contributed by atoms with E-state index >= 15 is 0 Å². The second kappa shape index (κ2) is 6.83. The zero-order valence-corrected chi connectivity index (χ0v) is 11.7. The van der Waals surface area contributed by atoms with Gasteiger partial charge in [-0.15, -0.1) is 0 Å². The first-order chi connectivity index (χ1) is 10.1. The van der Waals surface area contributed by atoms with Crippen LogP contribution in [0.2, 0.25) is 0 Å². The SMILES string of the molecule is C=CCOC(=O)CCCCN1C(=O)c2ccccc2C1=O. The van der Waals surface area contributed by atoms with Gasteiger partial charge in [0.2, 0.25) is 0 Å². The molecule has 0 saturated heterocycles. The van der Waals surface area contributed by atoms with Gasteiger partial charge in [0.05, 0.1) is 11.1 Å². The van der Waals surface area contributed by atoms with E-state index in [1.54, 1.807) is 24.3 Å². The molecule has 2 rings (SSSR count). The number of benzene rings is 1. The number of hydrogen-bond donors (Lipinski definition) is 0. The summed E-state index contributed by atoms with van der Waals surface area (Å²) in [6.07, 6.45) is 2.94. The van der Waals surface area contributed by atoms with Crippen molar-refractivity contribution in [1.82, 2.24) is 4.90 Å². The average molecular weight is 287 g/mol. The quantitative estimate of drug-likeness (QED) is 0.334. The molecule has 1 aliphatic rings. The van der Waals surface area contributed by atoms with Crippen molar-refractivity contribution in [1.29, 1.82) is 0 Å². The Morgan fingerprint density at radius 3 is 2.33 bits per heavy atom. The van der Waals surface area contributed by atoms with Crippen LogP contribution < -0.4 is 0 Å². The zero-order valence-electron chi connectivity index (χ0n) is 11.7. The summed E-state index contributed by atoms with van der Waals surface area (Å²) in [6, 6.07) is 6.79. The van der Waals surface area contributed by atoms with Gasteiger partial charge in [-0.1, -0.05) is 24.8 Å². The van der Waals surface area contributed by atoms with E-state index in [9.17, 15) is 14.4 Å². The molecule has 1 aliphatic heterocycles. The third-order valence-corrected chi connectivity index (χ3v) is 3.25. The molecule has 0 aliphatic carbocycles. The molecule has 0 fully saturated rings. The normalized spacial score (nSPS) is 13.2. The molecule has 0 unspecified atom stereocenters. The zero-order chi connectivity index (χ0) is 15.2. The van der Waals surface area contributed by atoms with Gasteiger partial charge in [-0.05, 0) is 25.0 Å². The lowest BCUT2D eigenvalue weighted by atomic mass is 10.1. The minimum atomic E-state index is -0.294. The van der Waals surface area contributed by atoms with E-state index in [0.717, 1.165) is 0 Å². The molecule has 1 aromatic carbocycles. The fourth-order valence-corrected chi connectivity index (χ4v) is 2.21. The van der Waals surface area contributed by atoms with E-state index < -0.39 is 0 Å². The Kier molecular flexibility index (Phi) is 4.87. The highest BCUT2D eigenvalue weighted by Crippen LogP contribution is 2.22. The van der Waals surface area contributed by atoms with E-state index in [0.29, 0.717) is 30.5 Å². The molecule has 0 spiro atoms. The van der Waals surface area contributed by atoms with Crippen LogP contribution in [-0.2, 0) is 9.53 Å². The standard InChI is InChI=1S/C16H17NO4/c1-2-11-21-14(18)9-5-6-10-17-15(19)12-7-3-4-8-13(12)16(17)20/h2-4,7-8H,1,5-6,9-11H2. The van der Waals surface area contributed by atoms with Crippen molar-refractivity contribution in [3.8, 4) is 0 Å². The molecule has 0 bridgehead atoms. The lowest BCUT2D eigenvalue weighted by molar-refractivity contribution is -0.142. The number of unbranched alkanes of at least 4 members (excludes halogenated alkanes) is 1. The van der Waals surface area contributed by atoms with E-state index in [2.05, 4.69) is 6.58 Å². The minimum absolute atomic E-state index is 0.206. The average Bonchev–Trinajstić information content (AvgIpc) is 2.74. The van der Waals surface area contributed by atoms with Crippen molar-refractivity contribution in [2.24, 2.45) is 0 Å². The molecule has 0 N–H and O–H groups in total. The molecule has 0 radical (unpaired) electrons. The molecule has 110 valence electrons. The van der Waals surface area contributed by atoms with Crippen LogP contribution in [0.4, 0.5) is 0 Å². The van der Waals surface area contributed by atoms with Crippen LogP contribution in [0.25, 0.3) is 0 Å². The Balaban J connectivity index is 1.80. The van der Waals surface area contributed by atoms with Gasteiger partial charge in [0.25, 0.3) is 11.8 Å². The molecule has 5 nitrogen and oxygen atoms in total. The van der Waals surface area contributed by atoms with Gasteiger partial charge in [-0.25, -0.2) is 0 Å². The van der Waals surface area contributed by atoms with Crippen molar-refractivity contribution >= 4 is 17.8 Å². The maximum absolute atomic E-state index is 12.1. The summed E-state index contributed by atoms with van der Waals surface area (Å²) in [7, 11) is 0. The van der Waals surface area contributed by atoms with E-state index in [1.807, 2.05) is 0 Å². The summed E-state index contributed by atoms with van der Waals surface area (Å²) in [5, 5.41) is 0. The van der Waals surface area contributed by atoms with Crippen molar-refractivity contribution < 1.29 is 19.1 Å². The number of fused-ring (bicyclic) bond motifs is 1. The van der Waals surface area contributed by atoms with Gasteiger partial charge in [0, 0.05) is 13.0 Å². The molecule has 0 saturated carbocycles. The molecule has 2 amide bonds. The van der Waals surface area contributed by atoms with E-state index in [4.69, 9.17) is 4.74 Å². The van der Waals surface area contributed by atoms with Crippen LogP contribution in [0, 0.1) is 0 Å². The second-order valence-corrected chi connectivity index (χ2v) is 4.74. The fraction of sp³-hybridized carbons (Fsp3) is 0.312. The van der Waals surface area contributed by atoms with Gasteiger partial charge in [0.1, 0.15) is 6.61 Å². The first-order valence-electron chi connectivity index (χ1n) is 6.87. The highest BCUT2D eigenvalue weighted by molar-refractivity contribution is 6.21. The lowest BCUT2D eigenvalue weighted by Crippen LogP contribution is -2.30. The molecule has 21 heavy (non-hydrogen) atoms. The number of imide groups is 1. The number of carbonyl (C=O) groups is 3. The molecule has 5 heteroatoms. The van der Waals surface area contributed by atoms with Crippen LogP contribution in [0.3, 0.4) is 0 Å². The molecular weight excluding hydrogens is 270 g/mol. The Morgan fingerprint density at radius 2 is 1.76 bits per heavy atom. The highest BCUT2D eigenvalue weighted by Gasteiger charge is 2.34. The summed E-state index contributed by atoms with van der Waals surface area (Å²) in [5.41, 5.74) is 0.904. The Hall–Kier alpha value is -2.43. The van der Waals surface area contributed by atoms with Crippen LogP contribution >= 0.6 is 0 Å². The van der Waals surface area contributed by atoms with Crippen LogP contribution in [-0.4, -0.2) is 35.8 Å². The van der Waals surface area contributed by atoms with Gasteiger partial charge < -0.3 is 4.74 Å². The summed E-state index contributed by atoms with van der Waals surface area (Å²) in [4.78, 5) is 36.7. The largest absolute Gasteiger partial charge is 0.461 e. The van der Waals surface area contributed by atoms with Crippen LogP contribution in [0.1, 0.15) is 40.0 Å². The molecule has 0 aromatic heterocycles. The van der Waals surface area contributed by atoms with Gasteiger partial charge in [-0.2, -0.15) is 0 Å². The number of ether oxygens (including phenoxy) is 1. The molecule has 1 aromatic rings. The first kappa shape index (κ1) is 15.0. The Bertz CT molecular complexity index is 544. The number of carbonyl (C=O) groups excluding carboxylic acids is 3. The summed E-state index contributed by atoms with van der Waals surface area (Å²) >= 11 is 0. The number of nitrogens with zero attached hydrogens (tertiary/aromatic N) is 1. The first-order valence-corrected chi connectivity index (χ1v) is 6.87. The number of amides is 2. The number of esters is 1. The maximum atomic E-state index is 12.1. The molecule has 0 atom stereocenters. The maximum Gasteiger partial charge on any atom is 0.306 e. The summed E-state index contributed by atoms with van der Waals surface area (Å²) in [5.74, 6) is -0.813. The van der Waals surface area contributed by atoms with Gasteiger partial charge >= 0.3 is 5.97 Å². The van der Waals surface area contributed by atoms with Crippen molar-refractivity contribution in [3.63, 3.8) is 0 Å². The second-order valence-electron chi connectivity index (χ2n) is 4.74. The van der Waals surface area contributed by atoms with E-state index in [1.165, 1.54) is 11.0 Å². The summed E-state index contributed by atoms with van der Waals surface area (Å²) in [6.45, 7) is 3.99. The third-order valence-electron chi connectivity index (χ3n) is 3.25. The smallest absolute Gasteiger partial charge is 0.306 e. The Morgan fingerprint density at radius 1 is 1.14 bits per heavy atom. The van der Waals surface area contributed by atoms with Crippen molar-refractivity contribution in [2.45, 2.75) is 19.3 Å². The number of rotatable bonds is 7. The molecule has 1 heterocycles. The van der Waals surface area contributed by atoms with Gasteiger partial charge in [0.15, 0.2) is 0 Å². The Labute approximate surface area is 123 Å². The van der Waals surface area contributed by atoms with Crippen molar-refractivity contribution in [3.05, 3.63) is 48.0 Å². The lowest BCUT2D eigenvalue weighted by Gasteiger charge is -2.13. The fourth-order valence-electron chi connectivity index (χ4n) is 2.21. The predicted octanol–water partition coefficient (Wildman–Crippen LogP) is 2.18. The predicted molar refractivity (Wildman–Crippen MR) is 76.8 cm³/mol. The van der Waals surface area contributed by atoms with Gasteiger partial charge in [-0.3, -0.25) is 19.3 Å². The highest BCUT2D eigenvalue weighted by atomic mass is 16.5. The minimum Gasteiger partial charge on any atom is -0.461 e. The number of hydrogen-bond acceptors (Lipinski definition) is 4. The summed E-state index contributed by atoms with van der Waals surface area (Å²) < 4.78 is 4.85. The van der Waals surface area contributed by atoms with Crippen LogP contribution in [0.15, 0.2) is 36.9 Å². The monoisotopic (exact) mass is 287 g/mol.